The fourth-order valence-corrected chi connectivity index (χ4v) is 4.03. The van der Waals surface area contributed by atoms with E-state index in [0.29, 0.717) is 0 Å². The second kappa shape index (κ2) is 21.8. The summed E-state index contributed by atoms with van der Waals surface area (Å²) in [7, 11) is 4.22. The molecule has 180 valence electrons. The lowest BCUT2D eigenvalue weighted by Gasteiger charge is -2.22. The summed E-state index contributed by atoms with van der Waals surface area (Å²) in [4.78, 5) is 14.8. The van der Waals surface area contributed by atoms with Crippen molar-refractivity contribution < 1.29 is 4.79 Å². The first kappa shape index (κ1) is 29.6. The summed E-state index contributed by atoms with van der Waals surface area (Å²) in [6, 6.07) is 0. The normalized spacial score (nSPS) is 17.8. The van der Waals surface area contributed by atoms with Gasteiger partial charge < -0.3 is 14.6 Å². The number of hydrogen-bond acceptors (Lipinski definition) is 3. The van der Waals surface area contributed by atoms with Gasteiger partial charge in [-0.25, -0.2) is 0 Å². The molecule has 1 aliphatic rings. The molecule has 2 unspecified atom stereocenters. The Labute approximate surface area is 190 Å². The molecule has 3 nitrogen and oxygen atoms in total. The maximum atomic E-state index is 10.1. The molecule has 30 heavy (non-hydrogen) atoms. The third kappa shape index (κ3) is 20.8. The highest BCUT2D eigenvalue weighted by Gasteiger charge is 2.31. The molecule has 0 radical (unpaired) electrons. The molecule has 1 rings (SSSR count). The van der Waals surface area contributed by atoms with Crippen LogP contribution >= 0.6 is 0 Å². The topological polar surface area (TPSA) is 23.6 Å². The van der Waals surface area contributed by atoms with E-state index in [1.165, 1.54) is 90.0 Å². The summed E-state index contributed by atoms with van der Waals surface area (Å²) >= 11 is 0. The molecule has 0 spiro atoms. The van der Waals surface area contributed by atoms with E-state index in [2.05, 4.69) is 44.7 Å². The van der Waals surface area contributed by atoms with Crippen molar-refractivity contribution in [2.24, 2.45) is 11.8 Å². The van der Waals surface area contributed by atoms with Crippen molar-refractivity contribution in [3.05, 3.63) is 0 Å². The van der Waals surface area contributed by atoms with Crippen molar-refractivity contribution in [1.82, 2.24) is 9.80 Å². The van der Waals surface area contributed by atoms with Crippen LogP contribution in [0, 0.1) is 11.8 Å². The van der Waals surface area contributed by atoms with Crippen molar-refractivity contribution in [2.75, 3.05) is 40.3 Å². The van der Waals surface area contributed by atoms with E-state index in [0.717, 1.165) is 50.6 Å². The van der Waals surface area contributed by atoms with Crippen LogP contribution < -0.4 is 0 Å². The van der Waals surface area contributed by atoms with Gasteiger partial charge in [-0.1, -0.05) is 91.4 Å². The second-order valence-electron chi connectivity index (χ2n) is 9.84. The Balaban J connectivity index is 0.000000561. The van der Waals surface area contributed by atoms with Gasteiger partial charge in [-0.2, -0.15) is 0 Å². The van der Waals surface area contributed by atoms with Crippen LogP contribution in [0.2, 0.25) is 0 Å². The minimum atomic E-state index is 0.726. The van der Waals surface area contributed by atoms with Crippen LogP contribution in [-0.4, -0.2) is 56.4 Å². The van der Waals surface area contributed by atoms with Crippen molar-refractivity contribution in [3.63, 3.8) is 0 Å². The molecule has 0 amide bonds. The minimum absolute atomic E-state index is 0.726. The Morgan fingerprint density at radius 1 is 0.767 bits per heavy atom. The first-order valence-corrected chi connectivity index (χ1v) is 13.4. The Hall–Kier alpha value is -0.410. The van der Waals surface area contributed by atoms with Gasteiger partial charge in [0.1, 0.15) is 6.29 Å². The monoisotopic (exact) mass is 424 g/mol. The Morgan fingerprint density at radius 2 is 1.33 bits per heavy atom. The van der Waals surface area contributed by atoms with Gasteiger partial charge in [0, 0.05) is 19.5 Å². The lowest BCUT2D eigenvalue weighted by atomic mass is 10.1. The third-order valence-corrected chi connectivity index (χ3v) is 6.56. The molecular formula is C27H56N2O. The number of carbonyl (C=O) groups is 1. The van der Waals surface area contributed by atoms with Gasteiger partial charge in [-0.05, 0) is 58.3 Å². The average Bonchev–Trinajstić information content (AvgIpc) is 3.44. The van der Waals surface area contributed by atoms with Crippen molar-refractivity contribution in [2.45, 2.75) is 117 Å². The van der Waals surface area contributed by atoms with Crippen molar-refractivity contribution in [1.29, 1.82) is 0 Å². The Bertz CT molecular complexity index is 359. The molecule has 1 aliphatic carbocycles. The maximum Gasteiger partial charge on any atom is 0.119 e. The zero-order valence-electron chi connectivity index (χ0n) is 21.5. The van der Waals surface area contributed by atoms with Crippen LogP contribution in [-0.2, 0) is 4.79 Å². The average molecular weight is 425 g/mol. The van der Waals surface area contributed by atoms with Crippen LogP contribution in [0.3, 0.4) is 0 Å². The lowest BCUT2D eigenvalue weighted by Crippen LogP contribution is -2.32. The molecule has 3 heteroatoms. The van der Waals surface area contributed by atoms with E-state index >= 15 is 0 Å². The first-order valence-electron chi connectivity index (χ1n) is 13.4. The smallest absolute Gasteiger partial charge is 0.119 e. The van der Waals surface area contributed by atoms with E-state index in [9.17, 15) is 4.79 Å². The van der Waals surface area contributed by atoms with E-state index in [1.807, 2.05) is 0 Å². The highest BCUT2D eigenvalue weighted by molar-refractivity contribution is 5.48. The van der Waals surface area contributed by atoms with Gasteiger partial charge >= 0.3 is 0 Å². The summed E-state index contributed by atoms with van der Waals surface area (Å²) < 4.78 is 0. The Kier molecular flexibility index (Phi) is 21.5. The van der Waals surface area contributed by atoms with Crippen molar-refractivity contribution in [3.8, 4) is 0 Å². The van der Waals surface area contributed by atoms with Crippen LogP contribution in [0.4, 0.5) is 0 Å². The van der Waals surface area contributed by atoms with Crippen LogP contribution in [0.15, 0.2) is 0 Å². The fraction of sp³-hybridized carbons (Fsp3) is 0.963. The molecule has 1 saturated carbocycles. The van der Waals surface area contributed by atoms with E-state index in [-0.39, 0.29) is 0 Å². The predicted molar refractivity (Wildman–Crippen MR) is 134 cm³/mol. The largest absolute Gasteiger partial charge is 0.308 e. The second-order valence-corrected chi connectivity index (χ2v) is 9.84. The molecule has 0 N–H and O–H groups in total. The van der Waals surface area contributed by atoms with E-state index in [1.54, 1.807) is 0 Å². The van der Waals surface area contributed by atoms with Crippen LogP contribution in [0.25, 0.3) is 0 Å². The summed E-state index contributed by atoms with van der Waals surface area (Å²) in [5.74, 6) is 2.19. The fourth-order valence-electron chi connectivity index (χ4n) is 4.03. The summed E-state index contributed by atoms with van der Waals surface area (Å²) in [6.07, 6.45) is 21.5. The molecule has 2 atom stereocenters. The van der Waals surface area contributed by atoms with Gasteiger partial charge in [-0.3, -0.25) is 0 Å². The standard InChI is InChI=1S/C15H30.C12H26N2O/c1-3-4-5-6-7-8-9-10-11-12-15-13-14(15)2;1-4-14(11-10-13(2)3)9-7-5-6-8-12-15/h14-15H,3-13H2,1-2H3;12H,4-11H2,1-3H3. The first-order chi connectivity index (χ1) is 14.5. The van der Waals surface area contributed by atoms with Crippen LogP contribution in [0.5, 0.6) is 0 Å². The van der Waals surface area contributed by atoms with E-state index < -0.39 is 0 Å². The van der Waals surface area contributed by atoms with E-state index in [4.69, 9.17) is 0 Å². The van der Waals surface area contributed by atoms with Crippen LogP contribution in [0.1, 0.15) is 117 Å². The number of rotatable bonds is 20. The summed E-state index contributed by atoms with van der Waals surface area (Å²) in [6.45, 7) is 11.5. The summed E-state index contributed by atoms with van der Waals surface area (Å²) in [5.41, 5.74) is 0. The number of carbonyl (C=O) groups excluding carboxylic acids is 1. The maximum absolute atomic E-state index is 10.1. The van der Waals surface area contributed by atoms with Gasteiger partial charge in [0.15, 0.2) is 0 Å². The van der Waals surface area contributed by atoms with Gasteiger partial charge in [0.2, 0.25) is 0 Å². The van der Waals surface area contributed by atoms with Crippen molar-refractivity contribution >= 4 is 6.29 Å². The molecule has 1 fully saturated rings. The molecule has 0 aromatic carbocycles. The quantitative estimate of drug-likeness (QED) is 0.153. The lowest BCUT2D eigenvalue weighted by molar-refractivity contribution is -0.107. The highest BCUT2D eigenvalue weighted by Crippen LogP contribution is 2.41. The van der Waals surface area contributed by atoms with Gasteiger partial charge in [-0.15, -0.1) is 0 Å². The van der Waals surface area contributed by atoms with Gasteiger partial charge in [0.05, 0.1) is 0 Å². The number of hydrogen-bond donors (Lipinski definition) is 0. The molecule has 0 aromatic heterocycles. The molecule has 0 bridgehead atoms. The third-order valence-electron chi connectivity index (χ3n) is 6.56. The SMILES string of the molecule is CCCCCCCCCCCC1CC1C.CCN(CCCCCC=O)CCN(C)C. The molecular weight excluding hydrogens is 368 g/mol. The molecule has 0 aliphatic heterocycles. The number of unbranched alkanes of at least 4 members (excludes halogenated alkanes) is 11. The number of likely N-dealkylation sites (N-methyl/N-ethyl adjacent to an activating group) is 2. The predicted octanol–water partition coefficient (Wildman–Crippen LogP) is 7.19. The Morgan fingerprint density at radius 3 is 1.83 bits per heavy atom. The minimum Gasteiger partial charge on any atom is -0.308 e. The molecule has 0 aromatic rings. The number of nitrogens with zero attached hydrogens (tertiary/aromatic N) is 2. The molecule has 0 heterocycles. The zero-order chi connectivity index (χ0) is 22.5. The number of aldehydes is 1. The zero-order valence-corrected chi connectivity index (χ0v) is 21.5. The van der Waals surface area contributed by atoms with Gasteiger partial charge in [0.25, 0.3) is 0 Å². The molecule has 0 saturated heterocycles. The summed E-state index contributed by atoms with van der Waals surface area (Å²) in [5, 5.41) is 0. The highest BCUT2D eigenvalue weighted by atomic mass is 16.1.